The van der Waals surface area contributed by atoms with E-state index in [2.05, 4.69) is 0 Å². The van der Waals surface area contributed by atoms with Crippen LogP contribution in [0.3, 0.4) is 0 Å². The van der Waals surface area contributed by atoms with Crippen molar-refractivity contribution in [2.75, 3.05) is 0 Å². The van der Waals surface area contributed by atoms with Gasteiger partial charge in [-0.2, -0.15) is 0 Å². The number of benzene rings is 1. The van der Waals surface area contributed by atoms with Gasteiger partial charge in [-0.05, 0) is 24.6 Å². The maximum absolute atomic E-state index is 13.2. The molecule has 0 fully saturated rings. The van der Waals surface area contributed by atoms with Crippen molar-refractivity contribution < 1.29 is 23.5 Å². The highest BCUT2D eigenvalue weighted by Gasteiger charge is 2.20. The van der Waals surface area contributed by atoms with Crippen LogP contribution in [0, 0.1) is 11.6 Å². The number of carboxylic acids is 1. The van der Waals surface area contributed by atoms with Gasteiger partial charge in [0.05, 0.1) is 11.6 Å². The smallest absolute Gasteiger partial charge is 0.303 e. The maximum atomic E-state index is 13.2. The van der Waals surface area contributed by atoms with Crippen LogP contribution in [0.5, 0.6) is 0 Å². The van der Waals surface area contributed by atoms with Crippen LogP contribution in [0.1, 0.15) is 23.2 Å². The van der Waals surface area contributed by atoms with Gasteiger partial charge in [-0.1, -0.05) is 0 Å². The molecule has 3 N–H and O–H groups in total. The molecule has 0 heterocycles. The van der Waals surface area contributed by atoms with Crippen molar-refractivity contribution in [2.24, 2.45) is 5.73 Å². The van der Waals surface area contributed by atoms with Gasteiger partial charge in [0, 0.05) is 6.42 Å². The van der Waals surface area contributed by atoms with Gasteiger partial charge in [0.15, 0.2) is 5.78 Å². The normalized spacial score (nSPS) is 12.2. The number of carbonyl (C=O) groups excluding carboxylic acids is 1. The lowest BCUT2D eigenvalue weighted by atomic mass is 10.0. The number of carbonyl (C=O) groups is 2. The van der Waals surface area contributed by atoms with Crippen LogP contribution in [-0.2, 0) is 4.79 Å². The van der Waals surface area contributed by atoms with Gasteiger partial charge in [-0.25, -0.2) is 8.78 Å². The summed E-state index contributed by atoms with van der Waals surface area (Å²) in [5.41, 5.74) is 4.96. The van der Waals surface area contributed by atoms with Gasteiger partial charge in [0.2, 0.25) is 0 Å². The first-order valence-corrected chi connectivity index (χ1v) is 4.88. The molecule has 1 aromatic carbocycles. The van der Waals surface area contributed by atoms with Crippen molar-refractivity contribution in [2.45, 2.75) is 18.9 Å². The van der Waals surface area contributed by atoms with Crippen molar-refractivity contribution in [1.29, 1.82) is 0 Å². The lowest BCUT2D eigenvalue weighted by molar-refractivity contribution is -0.137. The first kappa shape index (κ1) is 13.2. The maximum Gasteiger partial charge on any atom is 0.303 e. The summed E-state index contributed by atoms with van der Waals surface area (Å²) in [5, 5.41) is 8.41. The summed E-state index contributed by atoms with van der Waals surface area (Å²) in [4.78, 5) is 21.9. The molecule has 0 saturated carbocycles. The highest BCUT2D eigenvalue weighted by Crippen LogP contribution is 2.13. The van der Waals surface area contributed by atoms with Gasteiger partial charge in [-0.15, -0.1) is 0 Å². The molecule has 6 heteroatoms. The molecule has 0 amide bonds. The van der Waals surface area contributed by atoms with E-state index in [9.17, 15) is 18.4 Å². The van der Waals surface area contributed by atoms with Crippen molar-refractivity contribution in [3.8, 4) is 0 Å². The molecular weight excluding hydrogens is 232 g/mol. The molecule has 1 atom stereocenters. The van der Waals surface area contributed by atoms with Crippen LogP contribution in [0.2, 0.25) is 0 Å². The Morgan fingerprint density at radius 3 is 2.59 bits per heavy atom. The molecule has 0 bridgehead atoms. The number of hydrogen-bond donors (Lipinski definition) is 2. The lowest BCUT2D eigenvalue weighted by Gasteiger charge is -2.09. The molecule has 0 aliphatic carbocycles. The van der Waals surface area contributed by atoms with E-state index < -0.39 is 35.0 Å². The van der Waals surface area contributed by atoms with Crippen LogP contribution in [-0.4, -0.2) is 22.9 Å². The molecule has 17 heavy (non-hydrogen) atoms. The van der Waals surface area contributed by atoms with Crippen molar-refractivity contribution >= 4 is 11.8 Å². The molecule has 1 unspecified atom stereocenters. The molecule has 92 valence electrons. The van der Waals surface area contributed by atoms with E-state index in [4.69, 9.17) is 10.8 Å². The minimum Gasteiger partial charge on any atom is -0.481 e. The molecule has 0 aliphatic rings. The summed E-state index contributed by atoms with van der Waals surface area (Å²) in [5.74, 6) is -3.53. The molecule has 1 aromatic rings. The Morgan fingerprint density at radius 1 is 1.35 bits per heavy atom. The van der Waals surface area contributed by atoms with Crippen molar-refractivity contribution in [3.63, 3.8) is 0 Å². The van der Waals surface area contributed by atoms with E-state index in [1.165, 1.54) is 0 Å². The zero-order chi connectivity index (χ0) is 13.0. The van der Waals surface area contributed by atoms with Gasteiger partial charge < -0.3 is 10.8 Å². The van der Waals surface area contributed by atoms with Crippen LogP contribution in [0.25, 0.3) is 0 Å². The highest BCUT2D eigenvalue weighted by atomic mass is 19.1. The van der Waals surface area contributed by atoms with Crippen LogP contribution >= 0.6 is 0 Å². The Bertz CT molecular complexity index is 448. The zero-order valence-electron chi connectivity index (χ0n) is 8.82. The third-order valence-corrected chi connectivity index (χ3v) is 2.20. The fraction of sp³-hybridized carbons (Fsp3) is 0.273. The van der Waals surface area contributed by atoms with E-state index in [-0.39, 0.29) is 12.8 Å². The topological polar surface area (TPSA) is 80.4 Å². The number of aliphatic carboxylic acids is 1. The van der Waals surface area contributed by atoms with Crippen molar-refractivity contribution in [3.05, 3.63) is 35.4 Å². The lowest BCUT2D eigenvalue weighted by Crippen LogP contribution is -2.31. The van der Waals surface area contributed by atoms with Crippen LogP contribution < -0.4 is 5.73 Å². The summed E-state index contributed by atoms with van der Waals surface area (Å²) in [7, 11) is 0. The molecule has 0 spiro atoms. The number of ketones is 1. The minimum absolute atomic E-state index is 0.121. The standard InChI is InChI=1S/C11H11F2NO3/c12-6-1-2-8(13)7(5-6)11(17)9(14)3-4-10(15)16/h1-2,5,9H,3-4,14H2,(H,15,16). The van der Waals surface area contributed by atoms with E-state index in [0.717, 1.165) is 18.2 Å². The van der Waals surface area contributed by atoms with Gasteiger partial charge in [0.25, 0.3) is 0 Å². The predicted molar refractivity (Wildman–Crippen MR) is 55.5 cm³/mol. The minimum atomic E-state index is -1.15. The van der Waals surface area contributed by atoms with E-state index in [1.807, 2.05) is 0 Å². The number of nitrogens with two attached hydrogens (primary N) is 1. The average Bonchev–Trinajstić information content (AvgIpc) is 2.28. The summed E-state index contributed by atoms with van der Waals surface area (Å²) in [6.07, 6.45) is -0.423. The van der Waals surface area contributed by atoms with E-state index >= 15 is 0 Å². The fourth-order valence-corrected chi connectivity index (χ4v) is 1.30. The summed E-state index contributed by atoms with van der Waals surface area (Å²) < 4.78 is 26.1. The molecule has 1 rings (SSSR count). The predicted octanol–water partition coefficient (Wildman–Crippen LogP) is 1.34. The second-order valence-corrected chi connectivity index (χ2v) is 3.53. The zero-order valence-corrected chi connectivity index (χ0v) is 8.82. The summed E-state index contributed by atoms with van der Waals surface area (Å²) >= 11 is 0. The Balaban J connectivity index is 2.81. The highest BCUT2D eigenvalue weighted by molar-refractivity contribution is 6.00. The first-order chi connectivity index (χ1) is 7.91. The molecule has 0 aromatic heterocycles. The van der Waals surface area contributed by atoms with Crippen molar-refractivity contribution in [1.82, 2.24) is 0 Å². The molecule has 4 nitrogen and oxygen atoms in total. The molecule has 0 saturated heterocycles. The third-order valence-electron chi connectivity index (χ3n) is 2.20. The largest absolute Gasteiger partial charge is 0.481 e. The van der Waals surface area contributed by atoms with Gasteiger partial charge in [0.1, 0.15) is 11.6 Å². The van der Waals surface area contributed by atoms with Gasteiger partial charge in [-0.3, -0.25) is 9.59 Å². The number of halogens is 2. The quantitative estimate of drug-likeness (QED) is 0.765. The Hall–Kier alpha value is -1.82. The number of hydrogen-bond acceptors (Lipinski definition) is 3. The van der Waals surface area contributed by atoms with E-state index in [1.54, 1.807) is 0 Å². The Kier molecular flexibility index (Phi) is 4.28. The first-order valence-electron chi connectivity index (χ1n) is 4.88. The SMILES string of the molecule is NC(CCC(=O)O)C(=O)c1cc(F)ccc1F. The Labute approximate surface area is 96.0 Å². The summed E-state index contributed by atoms with van der Waals surface area (Å²) in [6.45, 7) is 0. The second kappa shape index (κ2) is 5.49. The van der Waals surface area contributed by atoms with Crippen LogP contribution in [0.4, 0.5) is 8.78 Å². The number of Topliss-reactive ketones (excluding diaryl/α,β-unsaturated/α-hetero) is 1. The Morgan fingerprint density at radius 2 is 2.00 bits per heavy atom. The average molecular weight is 243 g/mol. The number of rotatable bonds is 5. The van der Waals surface area contributed by atoms with Crippen LogP contribution in [0.15, 0.2) is 18.2 Å². The molecule has 0 radical (unpaired) electrons. The van der Waals surface area contributed by atoms with Gasteiger partial charge >= 0.3 is 5.97 Å². The number of carboxylic acid groups (broad SMARTS) is 1. The fourth-order valence-electron chi connectivity index (χ4n) is 1.30. The third kappa shape index (κ3) is 3.60. The second-order valence-electron chi connectivity index (χ2n) is 3.53. The molecule has 0 aliphatic heterocycles. The summed E-state index contributed by atoms with van der Waals surface area (Å²) in [6, 6.07) is 1.31. The monoisotopic (exact) mass is 243 g/mol. The van der Waals surface area contributed by atoms with E-state index in [0.29, 0.717) is 0 Å². The molecular formula is C11H11F2NO3.